The van der Waals surface area contributed by atoms with Crippen LogP contribution in [0.3, 0.4) is 0 Å². The third-order valence-corrected chi connectivity index (χ3v) is 5.66. The molecule has 0 unspecified atom stereocenters. The smallest absolute Gasteiger partial charge is 0.322 e. The number of halogens is 3. The molecule has 0 aromatic heterocycles. The van der Waals surface area contributed by atoms with Crippen molar-refractivity contribution in [2.75, 3.05) is 5.32 Å². The minimum Gasteiger partial charge on any atom is -0.322 e. The number of rotatable bonds is 3. The van der Waals surface area contributed by atoms with E-state index in [0.29, 0.717) is 22.4 Å². The van der Waals surface area contributed by atoms with E-state index in [-0.39, 0.29) is 5.91 Å². The van der Waals surface area contributed by atoms with E-state index in [2.05, 4.69) is 11.4 Å². The van der Waals surface area contributed by atoms with Crippen LogP contribution in [0.15, 0.2) is 103 Å². The van der Waals surface area contributed by atoms with Gasteiger partial charge in [0.1, 0.15) is 0 Å². The molecule has 33 heavy (non-hydrogen) atoms. The van der Waals surface area contributed by atoms with Crippen LogP contribution in [0.1, 0.15) is 15.9 Å². The molecule has 0 aliphatic rings. The Kier molecular flexibility index (Phi) is 5.09. The second-order valence-electron chi connectivity index (χ2n) is 7.80. The van der Waals surface area contributed by atoms with Gasteiger partial charge in [-0.25, -0.2) is 0 Å². The summed E-state index contributed by atoms with van der Waals surface area (Å²) < 4.78 is 39.1. The third kappa shape index (κ3) is 4.05. The Labute approximate surface area is 188 Å². The lowest BCUT2D eigenvalue weighted by atomic mass is 9.96. The number of alkyl halides is 3. The van der Waals surface area contributed by atoms with E-state index in [1.54, 1.807) is 30.3 Å². The average molecular weight is 441 g/mol. The van der Waals surface area contributed by atoms with Gasteiger partial charge < -0.3 is 5.32 Å². The number of fused-ring (bicyclic) bond motifs is 2. The molecular weight excluding hydrogens is 423 g/mol. The normalized spacial score (nSPS) is 11.6. The summed E-state index contributed by atoms with van der Waals surface area (Å²) in [6, 6.07) is 29.5. The molecule has 5 rings (SSSR count). The molecule has 162 valence electrons. The van der Waals surface area contributed by atoms with Crippen LogP contribution in [0.25, 0.3) is 32.7 Å². The SMILES string of the molecule is O=C(Nc1ccc(-c2cccc(C(F)(F)F)c2)cc1)c1c2ccccc2cc2ccccc12. The summed E-state index contributed by atoms with van der Waals surface area (Å²) >= 11 is 0. The highest BCUT2D eigenvalue weighted by Crippen LogP contribution is 2.33. The Morgan fingerprint density at radius 3 is 1.85 bits per heavy atom. The zero-order valence-corrected chi connectivity index (χ0v) is 17.4. The molecule has 0 saturated heterocycles. The van der Waals surface area contributed by atoms with E-state index in [1.165, 1.54) is 6.07 Å². The van der Waals surface area contributed by atoms with Gasteiger partial charge in [-0.1, -0.05) is 72.8 Å². The molecule has 5 heteroatoms. The Balaban J connectivity index is 1.47. The number of hydrogen-bond acceptors (Lipinski definition) is 1. The third-order valence-electron chi connectivity index (χ3n) is 5.66. The van der Waals surface area contributed by atoms with E-state index in [4.69, 9.17) is 0 Å². The van der Waals surface area contributed by atoms with Crippen molar-refractivity contribution in [3.8, 4) is 11.1 Å². The van der Waals surface area contributed by atoms with E-state index < -0.39 is 11.7 Å². The fourth-order valence-corrected chi connectivity index (χ4v) is 4.07. The molecular formula is C28H18F3NO. The Morgan fingerprint density at radius 1 is 0.636 bits per heavy atom. The van der Waals surface area contributed by atoms with Crippen LogP contribution in [0, 0.1) is 0 Å². The summed E-state index contributed by atoms with van der Waals surface area (Å²) in [5, 5.41) is 6.60. The second kappa shape index (κ2) is 8.10. The first kappa shape index (κ1) is 20.8. The molecule has 5 aromatic rings. The largest absolute Gasteiger partial charge is 0.416 e. The van der Waals surface area contributed by atoms with Crippen LogP contribution in [-0.4, -0.2) is 5.91 Å². The predicted octanol–water partition coefficient (Wildman–Crippen LogP) is 7.93. The Hall–Kier alpha value is -4.12. The number of hydrogen-bond donors (Lipinski definition) is 1. The summed E-state index contributed by atoms with van der Waals surface area (Å²) in [6.07, 6.45) is -4.40. The van der Waals surface area contributed by atoms with Crippen LogP contribution >= 0.6 is 0 Å². The number of anilines is 1. The zero-order chi connectivity index (χ0) is 23.0. The van der Waals surface area contributed by atoms with Crippen LogP contribution in [0.2, 0.25) is 0 Å². The molecule has 0 atom stereocenters. The molecule has 0 heterocycles. The molecule has 0 saturated carbocycles. The number of benzene rings is 5. The van der Waals surface area contributed by atoms with Gasteiger partial charge in [0.15, 0.2) is 0 Å². The zero-order valence-electron chi connectivity index (χ0n) is 17.4. The molecule has 2 nitrogen and oxygen atoms in total. The summed E-state index contributed by atoms with van der Waals surface area (Å²) in [5.74, 6) is -0.241. The molecule has 0 bridgehead atoms. The van der Waals surface area contributed by atoms with Crippen molar-refractivity contribution in [2.45, 2.75) is 6.18 Å². The molecule has 0 radical (unpaired) electrons. The quantitative estimate of drug-likeness (QED) is 0.283. The average Bonchev–Trinajstić information content (AvgIpc) is 2.82. The van der Waals surface area contributed by atoms with Gasteiger partial charge in [-0.2, -0.15) is 13.2 Å². The van der Waals surface area contributed by atoms with Gasteiger partial charge in [0, 0.05) is 5.69 Å². The van der Waals surface area contributed by atoms with Crippen molar-refractivity contribution in [1.82, 2.24) is 0 Å². The molecule has 5 aromatic carbocycles. The predicted molar refractivity (Wildman–Crippen MR) is 126 cm³/mol. The minimum absolute atomic E-state index is 0.241. The van der Waals surface area contributed by atoms with E-state index in [1.807, 2.05) is 48.5 Å². The molecule has 0 spiro atoms. The Morgan fingerprint density at radius 2 is 1.24 bits per heavy atom. The lowest BCUT2D eigenvalue weighted by Crippen LogP contribution is -2.13. The number of carbonyl (C=O) groups is 1. The fourth-order valence-electron chi connectivity index (χ4n) is 4.07. The topological polar surface area (TPSA) is 29.1 Å². The van der Waals surface area contributed by atoms with Crippen molar-refractivity contribution < 1.29 is 18.0 Å². The van der Waals surface area contributed by atoms with Crippen LogP contribution < -0.4 is 5.32 Å². The highest BCUT2D eigenvalue weighted by molar-refractivity contribution is 6.21. The van der Waals surface area contributed by atoms with E-state index >= 15 is 0 Å². The first-order valence-corrected chi connectivity index (χ1v) is 10.4. The maximum atomic E-state index is 13.3. The van der Waals surface area contributed by atoms with E-state index in [9.17, 15) is 18.0 Å². The Bertz CT molecular complexity index is 1430. The van der Waals surface area contributed by atoms with Crippen LogP contribution in [0.4, 0.5) is 18.9 Å². The fraction of sp³-hybridized carbons (Fsp3) is 0.0357. The molecule has 0 aliphatic carbocycles. The van der Waals surface area contributed by atoms with Gasteiger partial charge in [-0.3, -0.25) is 4.79 Å². The monoisotopic (exact) mass is 441 g/mol. The van der Waals surface area contributed by atoms with Gasteiger partial charge >= 0.3 is 6.18 Å². The van der Waals surface area contributed by atoms with Crippen LogP contribution in [0.5, 0.6) is 0 Å². The van der Waals surface area contributed by atoms with E-state index in [0.717, 1.165) is 33.7 Å². The van der Waals surface area contributed by atoms with Gasteiger partial charge in [0.25, 0.3) is 5.91 Å². The van der Waals surface area contributed by atoms with Crippen LogP contribution in [-0.2, 0) is 6.18 Å². The number of carbonyl (C=O) groups excluding carboxylic acids is 1. The van der Waals surface area contributed by atoms with Crippen molar-refractivity contribution in [3.63, 3.8) is 0 Å². The highest BCUT2D eigenvalue weighted by Gasteiger charge is 2.30. The first-order valence-electron chi connectivity index (χ1n) is 10.4. The van der Waals surface area contributed by atoms with Crippen molar-refractivity contribution in [1.29, 1.82) is 0 Å². The number of nitrogens with one attached hydrogen (secondary N) is 1. The lowest BCUT2D eigenvalue weighted by molar-refractivity contribution is -0.137. The lowest BCUT2D eigenvalue weighted by Gasteiger charge is -2.13. The molecule has 1 N–H and O–H groups in total. The molecule has 0 fully saturated rings. The summed E-state index contributed by atoms with van der Waals surface area (Å²) in [5.41, 5.74) is 1.55. The first-order chi connectivity index (χ1) is 15.9. The number of amides is 1. The van der Waals surface area contributed by atoms with Crippen molar-refractivity contribution in [3.05, 3.63) is 114 Å². The van der Waals surface area contributed by atoms with Crippen molar-refractivity contribution >= 4 is 33.1 Å². The minimum atomic E-state index is -4.40. The molecule has 0 aliphatic heterocycles. The second-order valence-corrected chi connectivity index (χ2v) is 7.80. The summed E-state index contributed by atoms with van der Waals surface area (Å²) in [6.45, 7) is 0. The van der Waals surface area contributed by atoms with Gasteiger partial charge in [0.2, 0.25) is 0 Å². The molecule has 1 amide bonds. The standard InChI is InChI=1S/C28H18F3NO/c29-28(30,31)22-9-5-8-19(17-22)18-12-14-23(15-13-18)32-27(33)26-24-10-3-1-6-20(24)16-21-7-2-4-11-25(21)26/h1-17H,(H,32,33). The maximum Gasteiger partial charge on any atom is 0.416 e. The maximum absolute atomic E-state index is 13.3. The summed E-state index contributed by atoms with van der Waals surface area (Å²) in [4.78, 5) is 13.3. The van der Waals surface area contributed by atoms with Gasteiger partial charge in [-0.15, -0.1) is 0 Å². The highest BCUT2D eigenvalue weighted by atomic mass is 19.4. The van der Waals surface area contributed by atoms with Crippen molar-refractivity contribution in [2.24, 2.45) is 0 Å². The van der Waals surface area contributed by atoms with Gasteiger partial charge in [0.05, 0.1) is 11.1 Å². The summed E-state index contributed by atoms with van der Waals surface area (Å²) in [7, 11) is 0. The van der Waals surface area contributed by atoms with Gasteiger partial charge in [-0.05, 0) is 63.0 Å².